The zero-order valence-electron chi connectivity index (χ0n) is 11.8. The van der Waals surface area contributed by atoms with Crippen LogP contribution in [0.25, 0.3) is 0 Å². The highest BCUT2D eigenvalue weighted by molar-refractivity contribution is 5.77. The Kier molecular flexibility index (Phi) is 5.69. The molecular weight excluding hydrogens is 246 g/mol. The van der Waals surface area contributed by atoms with E-state index in [1.807, 2.05) is 20.8 Å². The zero-order valence-corrected chi connectivity index (χ0v) is 11.8. The van der Waals surface area contributed by atoms with Crippen LogP contribution in [0.3, 0.4) is 0 Å². The number of nitrogens with one attached hydrogen (secondary N) is 1. The van der Waals surface area contributed by atoms with Crippen LogP contribution >= 0.6 is 0 Å². The number of nitrogens with zero attached hydrogens (tertiary/aromatic N) is 2. The van der Waals surface area contributed by atoms with Gasteiger partial charge in [-0.3, -0.25) is 0 Å². The van der Waals surface area contributed by atoms with Crippen molar-refractivity contribution in [3.8, 4) is 0 Å². The number of aryl methyl sites for hydroxylation is 1. The summed E-state index contributed by atoms with van der Waals surface area (Å²) in [6.07, 6.45) is 0.777. The minimum Gasteiger partial charge on any atom is -0.480 e. The molecule has 0 fully saturated rings. The summed E-state index contributed by atoms with van der Waals surface area (Å²) < 4.78 is 4.99. The lowest BCUT2D eigenvalue weighted by molar-refractivity contribution is -0.139. The lowest BCUT2D eigenvalue weighted by atomic mass is 9.99. The van der Waals surface area contributed by atoms with E-state index in [1.165, 1.54) is 0 Å². The lowest BCUT2D eigenvalue weighted by Gasteiger charge is -2.21. The van der Waals surface area contributed by atoms with Gasteiger partial charge in [0.1, 0.15) is 18.5 Å². The van der Waals surface area contributed by atoms with E-state index >= 15 is 0 Å². The molecule has 1 heterocycles. The summed E-state index contributed by atoms with van der Waals surface area (Å²) >= 11 is 0. The van der Waals surface area contributed by atoms with E-state index in [1.54, 1.807) is 13.2 Å². The van der Waals surface area contributed by atoms with Crippen LogP contribution in [0.5, 0.6) is 0 Å². The molecule has 0 saturated carbocycles. The molecule has 0 radical (unpaired) electrons. The summed E-state index contributed by atoms with van der Waals surface area (Å²) in [5, 5.41) is 12.2. The molecule has 6 heteroatoms. The summed E-state index contributed by atoms with van der Waals surface area (Å²) in [4.78, 5) is 19.7. The Morgan fingerprint density at radius 2 is 2.21 bits per heavy atom. The number of ether oxygens (including phenoxy) is 1. The minimum absolute atomic E-state index is 0.0126. The fourth-order valence-corrected chi connectivity index (χ4v) is 1.74. The molecule has 2 atom stereocenters. The third-order valence-corrected chi connectivity index (χ3v) is 2.96. The topological polar surface area (TPSA) is 84.3 Å². The molecule has 1 rings (SSSR count). The van der Waals surface area contributed by atoms with Gasteiger partial charge < -0.3 is 15.2 Å². The first-order chi connectivity index (χ1) is 8.97. The monoisotopic (exact) mass is 267 g/mol. The van der Waals surface area contributed by atoms with E-state index in [9.17, 15) is 9.90 Å². The van der Waals surface area contributed by atoms with E-state index in [0.717, 1.165) is 12.1 Å². The third kappa shape index (κ3) is 4.48. The highest BCUT2D eigenvalue weighted by Gasteiger charge is 2.23. The quantitative estimate of drug-likeness (QED) is 0.784. The molecule has 0 aliphatic carbocycles. The number of aliphatic carboxylic acids is 1. The van der Waals surface area contributed by atoms with Crippen LogP contribution in [-0.4, -0.2) is 34.2 Å². The van der Waals surface area contributed by atoms with Crippen LogP contribution < -0.4 is 5.32 Å². The maximum Gasteiger partial charge on any atom is 0.326 e. The van der Waals surface area contributed by atoms with Crippen molar-refractivity contribution in [1.82, 2.24) is 9.97 Å². The fourth-order valence-electron chi connectivity index (χ4n) is 1.74. The Morgan fingerprint density at radius 1 is 1.53 bits per heavy atom. The molecule has 0 amide bonds. The zero-order chi connectivity index (χ0) is 14.4. The summed E-state index contributed by atoms with van der Waals surface area (Å²) in [7, 11) is 1.57. The van der Waals surface area contributed by atoms with Gasteiger partial charge in [-0.2, -0.15) is 0 Å². The molecular formula is C13H21N3O3. The predicted molar refractivity (Wildman–Crippen MR) is 72.0 cm³/mol. The van der Waals surface area contributed by atoms with Crippen molar-refractivity contribution < 1.29 is 14.6 Å². The Balaban J connectivity index is 2.92. The van der Waals surface area contributed by atoms with Crippen LogP contribution in [0, 0.1) is 12.8 Å². The second-order valence-corrected chi connectivity index (χ2v) is 4.59. The molecule has 1 aromatic heterocycles. The first kappa shape index (κ1) is 15.4. The number of carbonyl (C=O) groups is 1. The van der Waals surface area contributed by atoms with Crippen molar-refractivity contribution in [1.29, 1.82) is 0 Å². The molecule has 0 aromatic carbocycles. The van der Waals surface area contributed by atoms with E-state index in [4.69, 9.17) is 4.74 Å². The number of carboxylic acids is 1. The summed E-state index contributed by atoms with van der Waals surface area (Å²) in [5.41, 5.74) is 0.776. The number of carboxylic acid groups (broad SMARTS) is 1. The van der Waals surface area contributed by atoms with Crippen LogP contribution in [0.4, 0.5) is 5.82 Å². The van der Waals surface area contributed by atoms with Crippen molar-refractivity contribution in [3.63, 3.8) is 0 Å². The molecule has 106 valence electrons. The second kappa shape index (κ2) is 7.04. The Bertz CT molecular complexity index is 437. The van der Waals surface area contributed by atoms with Gasteiger partial charge in [0.15, 0.2) is 5.82 Å². The number of hydrogen-bond acceptors (Lipinski definition) is 5. The summed E-state index contributed by atoms with van der Waals surface area (Å²) in [5.74, 6) is 0.197. The average molecular weight is 267 g/mol. The second-order valence-electron chi connectivity index (χ2n) is 4.59. The van der Waals surface area contributed by atoms with Crippen LogP contribution in [0.1, 0.15) is 31.8 Å². The fraction of sp³-hybridized carbons (Fsp3) is 0.615. The standard InChI is InChI=1S/C13H21N3O3/c1-5-8(2)12(13(17)18)16-10-6-9(3)14-11(15-10)7-19-4/h6,8,12H,5,7H2,1-4H3,(H,17,18)(H,14,15,16)/t8-,12-/m0/s1. The van der Waals surface area contributed by atoms with Gasteiger partial charge in [-0.15, -0.1) is 0 Å². The number of hydrogen-bond donors (Lipinski definition) is 2. The van der Waals surface area contributed by atoms with Crippen molar-refractivity contribution >= 4 is 11.8 Å². The molecule has 0 bridgehead atoms. The summed E-state index contributed by atoms with van der Waals surface area (Å²) in [6.45, 7) is 6.00. The maximum absolute atomic E-state index is 11.3. The molecule has 1 aromatic rings. The Hall–Kier alpha value is -1.69. The maximum atomic E-state index is 11.3. The van der Waals surface area contributed by atoms with Gasteiger partial charge in [0.25, 0.3) is 0 Å². The first-order valence-electron chi connectivity index (χ1n) is 6.30. The van der Waals surface area contributed by atoms with E-state index in [0.29, 0.717) is 18.2 Å². The van der Waals surface area contributed by atoms with Crippen molar-refractivity contribution in [2.45, 2.75) is 39.8 Å². The smallest absolute Gasteiger partial charge is 0.326 e. The normalized spacial score (nSPS) is 13.9. The van der Waals surface area contributed by atoms with Gasteiger partial charge in [0.2, 0.25) is 0 Å². The first-order valence-corrected chi connectivity index (χ1v) is 6.30. The van der Waals surface area contributed by atoms with Gasteiger partial charge in [-0.1, -0.05) is 20.3 Å². The highest BCUT2D eigenvalue weighted by Crippen LogP contribution is 2.15. The molecule has 2 N–H and O–H groups in total. The molecule has 0 spiro atoms. The van der Waals surface area contributed by atoms with Crippen LogP contribution in [0.15, 0.2) is 6.07 Å². The van der Waals surface area contributed by atoms with Crippen molar-refractivity contribution in [3.05, 3.63) is 17.6 Å². The number of rotatable bonds is 7. The SMILES string of the molecule is CC[C@H](C)[C@H](Nc1cc(C)nc(COC)n1)C(=O)O. The number of aromatic nitrogens is 2. The average Bonchev–Trinajstić information content (AvgIpc) is 2.34. The van der Waals surface area contributed by atoms with E-state index in [2.05, 4.69) is 15.3 Å². The molecule has 0 aliphatic heterocycles. The third-order valence-electron chi connectivity index (χ3n) is 2.96. The van der Waals surface area contributed by atoms with E-state index < -0.39 is 12.0 Å². The van der Waals surface area contributed by atoms with Crippen molar-refractivity contribution in [2.24, 2.45) is 5.92 Å². The molecule has 19 heavy (non-hydrogen) atoms. The van der Waals surface area contributed by atoms with Crippen LogP contribution in [-0.2, 0) is 16.1 Å². The van der Waals surface area contributed by atoms with Gasteiger partial charge in [0.05, 0.1) is 0 Å². The largest absolute Gasteiger partial charge is 0.480 e. The number of anilines is 1. The predicted octanol–water partition coefficient (Wildman–Crippen LogP) is 1.84. The van der Waals surface area contributed by atoms with Gasteiger partial charge in [-0.05, 0) is 12.8 Å². The van der Waals surface area contributed by atoms with Crippen molar-refractivity contribution in [2.75, 3.05) is 12.4 Å². The van der Waals surface area contributed by atoms with E-state index in [-0.39, 0.29) is 5.92 Å². The van der Waals surface area contributed by atoms with Gasteiger partial charge in [0, 0.05) is 18.9 Å². The molecule has 0 saturated heterocycles. The Labute approximate surface area is 113 Å². The molecule has 6 nitrogen and oxygen atoms in total. The minimum atomic E-state index is -0.876. The number of methoxy groups -OCH3 is 1. The molecule has 0 aliphatic rings. The van der Waals surface area contributed by atoms with Gasteiger partial charge in [-0.25, -0.2) is 14.8 Å². The van der Waals surface area contributed by atoms with Crippen LogP contribution in [0.2, 0.25) is 0 Å². The lowest BCUT2D eigenvalue weighted by Crippen LogP contribution is -2.35. The highest BCUT2D eigenvalue weighted by atomic mass is 16.5. The summed E-state index contributed by atoms with van der Waals surface area (Å²) in [6, 6.07) is 1.08. The van der Waals surface area contributed by atoms with Gasteiger partial charge >= 0.3 is 5.97 Å². The molecule has 0 unspecified atom stereocenters. The Morgan fingerprint density at radius 3 is 2.74 bits per heavy atom.